The van der Waals surface area contributed by atoms with Crippen LogP contribution in [0.3, 0.4) is 0 Å². The average Bonchev–Trinajstić information content (AvgIpc) is 2.59. The van der Waals surface area contributed by atoms with Gasteiger partial charge in [-0.2, -0.15) is 0 Å². The van der Waals surface area contributed by atoms with Gasteiger partial charge in [-0.3, -0.25) is 20.4 Å². The molecule has 0 aliphatic heterocycles. The van der Waals surface area contributed by atoms with Crippen molar-refractivity contribution >= 4 is 17.9 Å². The van der Waals surface area contributed by atoms with Crippen molar-refractivity contribution in [3.8, 4) is 5.75 Å². The molecule has 0 atom stereocenters. The Kier molecular flexibility index (Phi) is 6.14. The van der Waals surface area contributed by atoms with Crippen molar-refractivity contribution < 1.29 is 14.3 Å². The first-order valence-corrected chi connectivity index (χ1v) is 7.56. The van der Waals surface area contributed by atoms with Crippen LogP contribution in [0.2, 0.25) is 0 Å². The smallest absolute Gasteiger partial charge is 0.276 e. The Balaban J connectivity index is 1.71. The van der Waals surface area contributed by atoms with Crippen LogP contribution in [-0.4, -0.2) is 18.4 Å². The van der Waals surface area contributed by atoms with Gasteiger partial charge in [0.25, 0.3) is 11.8 Å². The third kappa shape index (κ3) is 5.96. The molecule has 0 unspecified atom stereocenters. The number of carbonyl (C=O) groups is 2. The second-order valence-corrected chi connectivity index (χ2v) is 5.38. The predicted octanol–water partition coefficient (Wildman–Crippen LogP) is 2.54. The van der Waals surface area contributed by atoms with E-state index in [1.54, 1.807) is 18.2 Å². The number of rotatable bonds is 5. The molecule has 24 heavy (non-hydrogen) atoms. The summed E-state index contributed by atoms with van der Waals surface area (Å²) in [7, 11) is 0. The fraction of sp³-hybridized carbons (Fsp3) is 0.158. The molecule has 0 heterocycles. The molecule has 0 bridgehead atoms. The molecule has 0 fully saturated rings. The number of hydrogen-bond donors (Lipinski definition) is 2. The average molecular weight is 324 g/mol. The van der Waals surface area contributed by atoms with Crippen LogP contribution in [0, 0.1) is 13.8 Å². The Bertz CT molecular complexity index is 719. The van der Waals surface area contributed by atoms with Gasteiger partial charge in [-0.15, -0.1) is 0 Å². The molecule has 0 spiro atoms. The molecule has 2 rings (SSSR count). The number of benzene rings is 2. The standard InChI is InChI=1S/C19H20N2O3/c1-14-3-7-16(8-4-14)9-12-18(22)20-21-19(23)13-24-17-10-5-15(2)6-11-17/h3-12H,13H2,1-2H3,(H,20,22)(H,21,23). The van der Waals surface area contributed by atoms with Crippen LogP contribution in [0.15, 0.2) is 54.6 Å². The van der Waals surface area contributed by atoms with E-state index in [-0.39, 0.29) is 6.61 Å². The number of hydrogen-bond acceptors (Lipinski definition) is 3. The van der Waals surface area contributed by atoms with Gasteiger partial charge in [0.2, 0.25) is 0 Å². The third-order valence-corrected chi connectivity index (χ3v) is 3.22. The van der Waals surface area contributed by atoms with Crippen LogP contribution in [-0.2, 0) is 9.59 Å². The van der Waals surface area contributed by atoms with E-state index in [1.807, 2.05) is 50.2 Å². The van der Waals surface area contributed by atoms with Gasteiger partial charge in [0.15, 0.2) is 6.61 Å². The fourth-order valence-electron chi connectivity index (χ4n) is 1.84. The maximum Gasteiger partial charge on any atom is 0.276 e. The summed E-state index contributed by atoms with van der Waals surface area (Å²) in [5, 5.41) is 0. The van der Waals surface area contributed by atoms with Gasteiger partial charge in [0, 0.05) is 6.08 Å². The van der Waals surface area contributed by atoms with Gasteiger partial charge < -0.3 is 4.74 Å². The molecular formula is C19H20N2O3. The van der Waals surface area contributed by atoms with Gasteiger partial charge >= 0.3 is 0 Å². The maximum atomic E-state index is 11.6. The van der Waals surface area contributed by atoms with Crippen molar-refractivity contribution in [2.24, 2.45) is 0 Å². The van der Waals surface area contributed by atoms with Crippen LogP contribution in [0.4, 0.5) is 0 Å². The highest BCUT2D eigenvalue weighted by atomic mass is 16.5. The lowest BCUT2D eigenvalue weighted by atomic mass is 10.1. The van der Waals surface area contributed by atoms with E-state index >= 15 is 0 Å². The molecule has 2 N–H and O–H groups in total. The monoisotopic (exact) mass is 324 g/mol. The lowest BCUT2D eigenvalue weighted by Gasteiger charge is -2.07. The number of carbonyl (C=O) groups excluding carboxylic acids is 2. The van der Waals surface area contributed by atoms with Crippen molar-refractivity contribution in [2.75, 3.05) is 6.61 Å². The molecule has 2 amide bonds. The summed E-state index contributed by atoms with van der Waals surface area (Å²) in [6.07, 6.45) is 3.02. The Morgan fingerprint density at radius 3 is 2.12 bits per heavy atom. The first-order valence-electron chi connectivity index (χ1n) is 7.56. The largest absolute Gasteiger partial charge is 0.484 e. The molecule has 124 valence electrons. The lowest BCUT2D eigenvalue weighted by Crippen LogP contribution is -2.43. The van der Waals surface area contributed by atoms with Gasteiger partial charge in [0.05, 0.1) is 0 Å². The molecule has 2 aromatic carbocycles. The van der Waals surface area contributed by atoms with Crippen LogP contribution in [0.5, 0.6) is 5.75 Å². The summed E-state index contributed by atoms with van der Waals surface area (Å²) in [6, 6.07) is 15.1. The lowest BCUT2D eigenvalue weighted by molar-refractivity contribution is -0.128. The fourth-order valence-corrected chi connectivity index (χ4v) is 1.84. The molecule has 2 aromatic rings. The highest BCUT2D eigenvalue weighted by Gasteiger charge is 2.03. The van der Waals surface area contributed by atoms with Crippen molar-refractivity contribution in [1.29, 1.82) is 0 Å². The topological polar surface area (TPSA) is 67.4 Å². The summed E-state index contributed by atoms with van der Waals surface area (Å²) in [4.78, 5) is 23.3. The molecule has 0 aromatic heterocycles. The summed E-state index contributed by atoms with van der Waals surface area (Å²) in [5.41, 5.74) is 7.77. The maximum absolute atomic E-state index is 11.6. The number of hydrazine groups is 1. The molecule has 5 nitrogen and oxygen atoms in total. The van der Waals surface area contributed by atoms with Crippen molar-refractivity contribution in [1.82, 2.24) is 10.9 Å². The minimum absolute atomic E-state index is 0.176. The number of ether oxygens (including phenoxy) is 1. The minimum Gasteiger partial charge on any atom is -0.484 e. The number of amides is 2. The minimum atomic E-state index is -0.437. The van der Waals surface area contributed by atoms with Crippen molar-refractivity contribution in [3.63, 3.8) is 0 Å². The highest BCUT2D eigenvalue weighted by Crippen LogP contribution is 2.10. The SMILES string of the molecule is Cc1ccc(C=CC(=O)NNC(=O)COc2ccc(C)cc2)cc1. The van der Waals surface area contributed by atoms with E-state index in [1.165, 1.54) is 6.08 Å². The summed E-state index contributed by atoms with van der Waals surface area (Å²) in [6.45, 7) is 3.79. The van der Waals surface area contributed by atoms with E-state index < -0.39 is 11.8 Å². The Morgan fingerprint density at radius 1 is 0.917 bits per heavy atom. The van der Waals surface area contributed by atoms with E-state index in [9.17, 15) is 9.59 Å². The van der Waals surface area contributed by atoms with Crippen molar-refractivity contribution in [2.45, 2.75) is 13.8 Å². The quantitative estimate of drug-likeness (QED) is 0.656. The number of nitrogens with one attached hydrogen (secondary N) is 2. The molecule has 5 heteroatoms. The van der Waals surface area contributed by atoms with Gasteiger partial charge in [-0.05, 0) is 37.6 Å². The van der Waals surface area contributed by atoms with Crippen LogP contribution in [0.1, 0.15) is 16.7 Å². The Labute approximate surface area is 141 Å². The van der Waals surface area contributed by atoms with E-state index in [2.05, 4.69) is 10.9 Å². The third-order valence-electron chi connectivity index (χ3n) is 3.22. The zero-order valence-electron chi connectivity index (χ0n) is 13.7. The highest BCUT2D eigenvalue weighted by molar-refractivity contribution is 5.93. The normalized spacial score (nSPS) is 10.4. The van der Waals surface area contributed by atoms with E-state index in [0.29, 0.717) is 5.75 Å². The summed E-state index contributed by atoms with van der Waals surface area (Å²) < 4.78 is 5.31. The van der Waals surface area contributed by atoms with Crippen LogP contribution >= 0.6 is 0 Å². The van der Waals surface area contributed by atoms with Crippen molar-refractivity contribution in [3.05, 3.63) is 71.3 Å². The zero-order valence-corrected chi connectivity index (χ0v) is 13.7. The Hall–Kier alpha value is -3.08. The Morgan fingerprint density at radius 2 is 1.50 bits per heavy atom. The van der Waals surface area contributed by atoms with Crippen LogP contribution < -0.4 is 15.6 Å². The molecular weight excluding hydrogens is 304 g/mol. The van der Waals surface area contributed by atoms with Gasteiger partial charge in [0.1, 0.15) is 5.75 Å². The molecule has 0 aliphatic rings. The summed E-state index contributed by atoms with van der Waals surface area (Å²) >= 11 is 0. The second kappa shape index (κ2) is 8.53. The van der Waals surface area contributed by atoms with Gasteiger partial charge in [-0.25, -0.2) is 0 Å². The summed E-state index contributed by atoms with van der Waals surface area (Å²) in [5.74, 6) is -0.256. The first-order chi connectivity index (χ1) is 11.5. The zero-order chi connectivity index (χ0) is 17.4. The van der Waals surface area contributed by atoms with E-state index in [0.717, 1.165) is 16.7 Å². The predicted molar refractivity (Wildman–Crippen MR) is 93.2 cm³/mol. The van der Waals surface area contributed by atoms with Gasteiger partial charge in [-0.1, -0.05) is 47.5 Å². The number of aryl methyl sites for hydroxylation is 2. The molecule has 0 aliphatic carbocycles. The van der Waals surface area contributed by atoms with E-state index in [4.69, 9.17) is 4.74 Å². The molecule has 0 saturated heterocycles. The second-order valence-electron chi connectivity index (χ2n) is 5.38. The van der Waals surface area contributed by atoms with Crippen LogP contribution in [0.25, 0.3) is 6.08 Å². The first kappa shape index (κ1) is 17.3. The molecule has 0 radical (unpaired) electrons. The molecule has 0 saturated carbocycles.